The van der Waals surface area contributed by atoms with Crippen molar-refractivity contribution >= 4 is 22.4 Å². The summed E-state index contributed by atoms with van der Waals surface area (Å²) in [6, 6.07) is 7.24. The Labute approximate surface area is 146 Å². The highest BCUT2D eigenvalue weighted by Gasteiger charge is 2.29. The molecule has 0 saturated carbocycles. The number of hydrogen-bond donors (Lipinski definition) is 1. The van der Waals surface area contributed by atoms with Gasteiger partial charge in [-0.05, 0) is 63.5 Å². The number of nitrogens with two attached hydrogens (primary N) is 1. The maximum Gasteiger partial charge on any atom is 0.243 e. The fraction of sp³-hybridized carbons (Fsp3) is 0.625. The molecular weight excluding hydrogens is 334 g/mol. The van der Waals surface area contributed by atoms with Gasteiger partial charge >= 0.3 is 0 Å². The van der Waals surface area contributed by atoms with E-state index >= 15 is 0 Å². The minimum atomic E-state index is -3.38. The number of hydrogen-bond acceptors (Lipinski definition) is 4. The van der Waals surface area contributed by atoms with Crippen molar-refractivity contribution in [2.45, 2.75) is 30.7 Å². The quantitative estimate of drug-likeness (QED) is 0.840. The summed E-state index contributed by atoms with van der Waals surface area (Å²) in [7, 11) is 0.612. The second-order valence-electron chi connectivity index (χ2n) is 6.33. The molecule has 1 saturated heterocycles. The van der Waals surface area contributed by atoms with E-state index in [1.54, 1.807) is 16.4 Å². The molecule has 0 bridgehead atoms. The van der Waals surface area contributed by atoms with E-state index < -0.39 is 10.0 Å². The molecule has 0 aliphatic carbocycles. The third-order valence-corrected chi connectivity index (χ3v) is 6.00. The summed E-state index contributed by atoms with van der Waals surface area (Å²) in [4.78, 5) is 2.45. The van der Waals surface area contributed by atoms with Crippen LogP contribution in [0.5, 0.6) is 0 Å². The molecule has 2 N–H and O–H groups in total. The molecule has 1 atom stereocenters. The predicted octanol–water partition coefficient (Wildman–Crippen LogP) is 1.92. The minimum Gasteiger partial charge on any atom is -0.330 e. The Bertz CT molecular complexity index is 573. The van der Waals surface area contributed by atoms with Gasteiger partial charge in [0.2, 0.25) is 10.0 Å². The molecule has 0 spiro atoms. The normalized spacial score (nSPS) is 19.6. The van der Waals surface area contributed by atoms with Crippen LogP contribution < -0.4 is 5.73 Å². The fourth-order valence-electron chi connectivity index (χ4n) is 3.00. The van der Waals surface area contributed by atoms with Crippen LogP contribution >= 0.6 is 12.4 Å². The van der Waals surface area contributed by atoms with E-state index in [2.05, 4.69) is 4.90 Å². The van der Waals surface area contributed by atoms with Crippen molar-refractivity contribution in [3.05, 3.63) is 29.8 Å². The molecule has 1 heterocycles. The SMILES string of the molecule is CN(C)Cc1ccc(S(=O)(=O)N2CCCC(CCN)C2)cc1.Cl. The lowest BCUT2D eigenvalue weighted by Crippen LogP contribution is -2.40. The van der Waals surface area contributed by atoms with Crippen molar-refractivity contribution in [3.8, 4) is 0 Å². The Balaban J connectivity index is 0.00000264. The fourth-order valence-corrected chi connectivity index (χ4v) is 4.55. The Hall–Kier alpha value is -0.660. The zero-order chi connectivity index (χ0) is 16.2. The molecule has 2 rings (SSSR count). The van der Waals surface area contributed by atoms with Gasteiger partial charge in [-0.15, -0.1) is 12.4 Å². The average Bonchev–Trinajstić information content (AvgIpc) is 2.48. The van der Waals surface area contributed by atoms with Gasteiger partial charge in [0.1, 0.15) is 0 Å². The molecule has 1 aromatic rings. The van der Waals surface area contributed by atoms with E-state index in [0.717, 1.165) is 31.4 Å². The zero-order valence-corrected chi connectivity index (χ0v) is 15.6. The monoisotopic (exact) mass is 361 g/mol. The lowest BCUT2D eigenvalue weighted by Gasteiger charge is -2.31. The summed E-state index contributed by atoms with van der Waals surface area (Å²) in [6.07, 6.45) is 2.89. The molecule has 1 aliphatic heterocycles. The van der Waals surface area contributed by atoms with Gasteiger partial charge in [-0.1, -0.05) is 12.1 Å². The number of sulfonamides is 1. The minimum absolute atomic E-state index is 0. The highest BCUT2D eigenvalue weighted by Crippen LogP contribution is 2.25. The van der Waals surface area contributed by atoms with Crippen LogP contribution in [0.1, 0.15) is 24.8 Å². The van der Waals surface area contributed by atoms with Gasteiger partial charge in [-0.3, -0.25) is 0 Å². The van der Waals surface area contributed by atoms with Crippen molar-refractivity contribution in [1.29, 1.82) is 0 Å². The molecule has 1 aromatic carbocycles. The topological polar surface area (TPSA) is 66.6 Å². The van der Waals surface area contributed by atoms with Crippen LogP contribution in [0.15, 0.2) is 29.2 Å². The molecule has 1 unspecified atom stereocenters. The van der Waals surface area contributed by atoms with Gasteiger partial charge < -0.3 is 10.6 Å². The number of piperidine rings is 1. The standard InChI is InChI=1S/C16H27N3O2S.ClH/c1-18(2)12-15-5-7-16(8-6-15)22(20,21)19-11-3-4-14(13-19)9-10-17;/h5-8,14H,3-4,9-13,17H2,1-2H3;1H. The Morgan fingerprint density at radius 2 is 1.91 bits per heavy atom. The molecule has 0 amide bonds. The maximum atomic E-state index is 12.8. The summed E-state index contributed by atoms with van der Waals surface area (Å²) in [5.41, 5.74) is 6.72. The maximum absolute atomic E-state index is 12.8. The van der Waals surface area contributed by atoms with Crippen LogP contribution in [0.4, 0.5) is 0 Å². The first-order chi connectivity index (χ1) is 10.4. The zero-order valence-electron chi connectivity index (χ0n) is 13.9. The van der Waals surface area contributed by atoms with E-state index in [9.17, 15) is 8.42 Å². The molecule has 5 nitrogen and oxygen atoms in total. The molecule has 132 valence electrons. The molecule has 23 heavy (non-hydrogen) atoms. The van der Waals surface area contributed by atoms with Crippen molar-refractivity contribution in [2.24, 2.45) is 11.7 Å². The van der Waals surface area contributed by atoms with Gasteiger partial charge in [0.15, 0.2) is 0 Å². The number of benzene rings is 1. The van der Waals surface area contributed by atoms with Gasteiger partial charge in [0.05, 0.1) is 4.90 Å². The molecule has 1 aliphatic rings. The van der Waals surface area contributed by atoms with E-state index in [4.69, 9.17) is 5.73 Å². The van der Waals surface area contributed by atoms with Crippen LogP contribution in [0.2, 0.25) is 0 Å². The largest absolute Gasteiger partial charge is 0.330 e. The highest BCUT2D eigenvalue weighted by atomic mass is 35.5. The van der Waals surface area contributed by atoms with E-state index in [1.807, 2.05) is 26.2 Å². The number of rotatable bonds is 6. The van der Waals surface area contributed by atoms with Gasteiger partial charge in [0.25, 0.3) is 0 Å². The number of nitrogens with zero attached hydrogens (tertiary/aromatic N) is 2. The van der Waals surface area contributed by atoms with Gasteiger partial charge in [-0.2, -0.15) is 4.31 Å². The first kappa shape index (κ1) is 20.4. The summed E-state index contributed by atoms with van der Waals surface area (Å²) in [5.74, 6) is 0.390. The van der Waals surface area contributed by atoms with E-state index in [1.165, 1.54) is 0 Å². The first-order valence-corrected chi connectivity index (χ1v) is 9.31. The highest BCUT2D eigenvalue weighted by molar-refractivity contribution is 7.89. The smallest absolute Gasteiger partial charge is 0.243 e. The van der Waals surface area contributed by atoms with Crippen LogP contribution in [0.3, 0.4) is 0 Å². The first-order valence-electron chi connectivity index (χ1n) is 7.87. The third-order valence-electron chi connectivity index (χ3n) is 4.12. The predicted molar refractivity (Wildman–Crippen MR) is 96.2 cm³/mol. The summed E-state index contributed by atoms with van der Waals surface area (Å²) in [5, 5.41) is 0. The second-order valence-corrected chi connectivity index (χ2v) is 8.27. The Morgan fingerprint density at radius 3 is 2.48 bits per heavy atom. The number of halogens is 1. The third kappa shape index (κ3) is 5.43. The molecule has 1 fully saturated rings. The van der Waals surface area contributed by atoms with Crippen LogP contribution in [-0.4, -0.2) is 51.4 Å². The Kier molecular flexibility index (Phi) is 7.97. The average molecular weight is 362 g/mol. The Morgan fingerprint density at radius 1 is 1.26 bits per heavy atom. The summed E-state index contributed by atoms with van der Waals surface area (Å²) < 4.78 is 27.1. The summed E-state index contributed by atoms with van der Waals surface area (Å²) >= 11 is 0. The molecular formula is C16H28ClN3O2S. The van der Waals surface area contributed by atoms with Gasteiger partial charge in [0, 0.05) is 19.6 Å². The molecule has 0 radical (unpaired) electrons. The second kappa shape index (κ2) is 8.99. The van der Waals surface area contributed by atoms with Crippen molar-refractivity contribution in [1.82, 2.24) is 9.21 Å². The van der Waals surface area contributed by atoms with Crippen LogP contribution in [-0.2, 0) is 16.6 Å². The van der Waals surface area contributed by atoms with Crippen molar-refractivity contribution in [2.75, 3.05) is 33.7 Å². The van der Waals surface area contributed by atoms with E-state index in [0.29, 0.717) is 30.4 Å². The van der Waals surface area contributed by atoms with Crippen molar-refractivity contribution < 1.29 is 8.42 Å². The lowest BCUT2D eigenvalue weighted by molar-refractivity contribution is 0.258. The van der Waals surface area contributed by atoms with E-state index in [-0.39, 0.29) is 12.4 Å². The van der Waals surface area contributed by atoms with Crippen LogP contribution in [0, 0.1) is 5.92 Å². The molecule has 0 aromatic heterocycles. The van der Waals surface area contributed by atoms with Gasteiger partial charge in [-0.25, -0.2) is 8.42 Å². The molecule has 7 heteroatoms. The van der Waals surface area contributed by atoms with Crippen molar-refractivity contribution in [3.63, 3.8) is 0 Å². The van der Waals surface area contributed by atoms with Crippen LogP contribution in [0.25, 0.3) is 0 Å². The lowest BCUT2D eigenvalue weighted by atomic mass is 9.96. The summed E-state index contributed by atoms with van der Waals surface area (Å²) in [6.45, 7) is 2.64.